The fourth-order valence-electron chi connectivity index (χ4n) is 8.51. The molecule has 1 unspecified atom stereocenters. The predicted octanol–water partition coefficient (Wildman–Crippen LogP) is 12.1. The molecular weight excluding hydrogens is 593 g/mol. The van der Waals surface area contributed by atoms with E-state index in [2.05, 4.69) is 175 Å². The Morgan fingerprint density at radius 2 is 1.22 bits per heavy atom. The zero-order valence-electron chi connectivity index (χ0n) is 28.4. The van der Waals surface area contributed by atoms with Gasteiger partial charge in [0, 0.05) is 41.8 Å². The highest BCUT2D eigenvalue weighted by Crippen LogP contribution is 2.43. The second kappa shape index (κ2) is 11.9. The van der Waals surface area contributed by atoms with Gasteiger partial charge < -0.3 is 4.57 Å². The van der Waals surface area contributed by atoms with Gasteiger partial charge in [-0.2, -0.15) is 4.57 Å². The first-order chi connectivity index (χ1) is 24.2. The first kappa shape index (κ1) is 29.7. The lowest BCUT2D eigenvalue weighted by atomic mass is 9.77. The van der Waals surface area contributed by atoms with Crippen molar-refractivity contribution in [2.45, 2.75) is 51.5 Å². The summed E-state index contributed by atoms with van der Waals surface area (Å²) < 4.78 is 5.14. The molecule has 2 nitrogen and oxygen atoms in total. The van der Waals surface area contributed by atoms with E-state index in [0.717, 1.165) is 12.8 Å². The molecule has 1 aliphatic rings. The quantitative estimate of drug-likeness (QED) is 0.154. The average Bonchev–Trinajstić information content (AvgIpc) is 3.50. The van der Waals surface area contributed by atoms with Crippen LogP contribution in [0.3, 0.4) is 0 Å². The molecule has 1 atom stereocenters. The van der Waals surface area contributed by atoms with E-state index in [4.69, 9.17) is 0 Å². The van der Waals surface area contributed by atoms with Gasteiger partial charge in [0.05, 0.1) is 22.0 Å². The number of hydrogen-bond donors (Lipinski definition) is 0. The van der Waals surface area contributed by atoms with E-state index in [1.165, 1.54) is 96.6 Å². The van der Waals surface area contributed by atoms with Gasteiger partial charge in [0.15, 0.2) is 11.7 Å². The molecule has 1 aliphatic heterocycles. The molecule has 9 rings (SSSR count). The molecule has 0 bridgehead atoms. The maximum absolute atomic E-state index is 2.65. The standard InChI is InChI=1S/C47H41N2/c1-3-5-27-47(4-2)32-38-20-23-39(31-41(38)46-40-19-13-12-18-35(40)26-28-48(46)47)49-44-24-21-36(33-14-8-6-9-15-33)29-42(44)43-30-37(22-25-45(43)49)34-16-10-7-11-17-34/h6-26,28-31H,3-5,27,32H2,1-2H3/q+1. The van der Waals surface area contributed by atoms with E-state index < -0.39 is 0 Å². The Labute approximate surface area is 288 Å². The summed E-state index contributed by atoms with van der Waals surface area (Å²) in [6.45, 7) is 4.70. The normalized spacial score (nSPS) is 15.5. The monoisotopic (exact) mass is 633 g/mol. The molecule has 2 heteroatoms. The van der Waals surface area contributed by atoms with Crippen molar-refractivity contribution < 1.29 is 4.57 Å². The van der Waals surface area contributed by atoms with Crippen molar-refractivity contribution in [1.29, 1.82) is 0 Å². The van der Waals surface area contributed by atoms with Gasteiger partial charge in [-0.15, -0.1) is 0 Å². The van der Waals surface area contributed by atoms with E-state index in [-0.39, 0.29) is 5.54 Å². The number of hydrogen-bond acceptors (Lipinski definition) is 0. The van der Waals surface area contributed by atoms with Crippen LogP contribution in [0, 0.1) is 0 Å². The van der Waals surface area contributed by atoms with Crippen LogP contribution in [0.4, 0.5) is 0 Å². The number of aromatic nitrogens is 2. The Bertz CT molecular complexity index is 2390. The Morgan fingerprint density at radius 3 is 1.86 bits per heavy atom. The van der Waals surface area contributed by atoms with Gasteiger partial charge in [-0.3, -0.25) is 0 Å². The summed E-state index contributed by atoms with van der Waals surface area (Å²) in [5.41, 5.74) is 12.9. The molecular formula is C47H41N2+. The van der Waals surface area contributed by atoms with Gasteiger partial charge in [-0.1, -0.05) is 117 Å². The summed E-state index contributed by atoms with van der Waals surface area (Å²) in [5, 5.41) is 5.18. The highest BCUT2D eigenvalue weighted by Gasteiger charge is 2.45. The van der Waals surface area contributed by atoms with Gasteiger partial charge >= 0.3 is 0 Å². The Balaban J connectivity index is 1.30. The smallest absolute Gasteiger partial charge is 0.221 e. The Kier molecular flexibility index (Phi) is 7.20. The number of nitrogens with zero attached hydrogens (tertiary/aromatic N) is 2. The highest BCUT2D eigenvalue weighted by atomic mass is 15.1. The van der Waals surface area contributed by atoms with Crippen LogP contribution in [-0.2, 0) is 12.0 Å². The third kappa shape index (κ3) is 4.81. The van der Waals surface area contributed by atoms with Crippen molar-refractivity contribution in [3.8, 4) is 39.2 Å². The van der Waals surface area contributed by atoms with Crippen LogP contribution in [0.5, 0.6) is 0 Å². The fourth-order valence-corrected chi connectivity index (χ4v) is 8.51. The lowest BCUT2D eigenvalue weighted by molar-refractivity contribution is -0.758. The van der Waals surface area contributed by atoms with Crippen LogP contribution in [0.25, 0.3) is 71.8 Å². The average molecular weight is 634 g/mol. The molecule has 0 fully saturated rings. The van der Waals surface area contributed by atoms with Crippen LogP contribution in [0.1, 0.15) is 45.1 Å². The lowest BCUT2D eigenvalue weighted by Crippen LogP contribution is -2.60. The zero-order chi connectivity index (χ0) is 33.0. The second-order valence-electron chi connectivity index (χ2n) is 13.9. The minimum Gasteiger partial charge on any atom is -0.309 e. The first-order valence-electron chi connectivity index (χ1n) is 17.9. The van der Waals surface area contributed by atoms with Crippen molar-refractivity contribution in [1.82, 2.24) is 4.57 Å². The highest BCUT2D eigenvalue weighted by molar-refractivity contribution is 6.11. The molecule has 0 N–H and O–H groups in total. The molecule has 2 aromatic heterocycles. The van der Waals surface area contributed by atoms with Crippen LogP contribution >= 0.6 is 0 Å². The second-order valence-corrected chi connectivity index (χ2v) is 13.9. The molecule has 0 saturated heterocycles. The molecule has 8 aromatic rings. The van der Waals surface area contributed by atoms with E-state index in [1.54, 1.807) is 0 Å². The molecule has 0 radical (unpaired) electrons. The predicted molar refractivity (Wildman–Crippen MR) is 206 cm³/mol. The zero-order valence-corrected chi connectivity index (χ0v) is 28.4. The summed E-state index contributed by atoms with van der Waals surface area (Å²) in [6.07, 6.45) is 8.19. The summed E-state index contributed by atoms with van der Waals surface area (Å²) in [5.74, 6) is 0. The molecule has 6 aromatic carbocycles. The number of fused-ring (bicyclic) bond motifs is 8. The number of rotatable bonds is 7. The van der Waals surface area contributed by atoms with Crippen molar-refractivity contribution >= 4 is 32.6 Å². The van der Waals surface area contributed by atoms with E-state index >= 15 is 0 Å². The molecule has 238 valence electrons. The number of pyridine rings is 1. The van der Waals surface area contributed by atoms with E-state index in [9.17, 15) is 0 Å². The van der Waals surface area contributed by atoms with Crippen molar-refractivity contribution in [2.75, 3.05) is 0 Å². The topological polar surface area (TPSA) is 8.81 Å². The van der Waals surface area contributed by atoms with Crippen LogP contribution in [-0.4, -0.2) is 4.57 Å². The summed E-state index contributed by atoms with van der Waals surface area (Å²) >= 11 is 0. The first-order valence-corrected chi connectivity index (χ1v) is 17.9. The SMILES string of the molecule is CCCCC1(CC)Cc2ccc(-n3c4ccc(-c5ccccc5)cc4c4cc(-c5ccccc5)ccc43)cc2-c2c3ccccc3cc[n+]21. The Morgan fingerprint density at radius 1 is 0.592 bits per heavy atom. The van der Waals surface area contributed by atoms with E-state index in [1.807, 2.05) is 0 Å². The van der Waals surface area contributed by atoms with Crippen molar-refractivity contribution in [2.24, 2.45) is 0 Å². The number of unbranched alkanes of at least 4 members (excludes halogenated alkanes) is 1. The van der Waals surface area contributed by atoms with Crippen LogP contribution in [0.2, 0.25) is 0 Å². The summed E-state index contributed by atoms with van der Waals surface area (Å²) in [4.78, 5) is 0. The third-order valence-electron chi connectivity index (χ3n) is 11.1. The van der Waals surface area contributed by atoms with Gasteiger partial charge in [-0.25, -0.2) is 0 Å². The molecule has 0 amide bonds. The van der Waals surface area contributed by atoms with Gasteiger partial charge in [0.1, 0.15) is 0 Å². The minimum absolute atomic E-state index is 0.0818. The van der Waals surface area contributed by atoms with Crippen molar-refractivity contribution in [3.05, 3.63) is 157 Å². The molecule has 49 heavy (non-hydrogen) atoms. The summed E-state index contributed by atoms with van der Waals surface area (Å²) in [6, 6.07) is 54.0. The molecule has 0 aliphatic carbocycles. The third-order valence-corrected chi connectivity index (χ3v) is 11.1. The largest absolute Gasteiger partial charge is 0.309 e. The number of benzene rings is 6. The summed E-state index contributed by atoms with van der Waals surface area (Å²) in [7, 11) is 0. The minimum atomic E-state index is 0.0818. The molecule has 0 saturated carbocycles. The molecule has 3 heterocycles. The maximum Gasteiger partial charge on any atom is 0.221 e. The lowest BCUT2D eigenvalue weighted by Gasteiger charge is -2.34. The Hall–Kier alpha value is -5.47. The molecule has 0 spiro atoms. The van der Waals surface area contributed by atoms with Gasteiger partial charge in [0.2, 0.25) is 5.69 Å². The van der Waals surface area contributed by atoms with Gasteiger partial charge in [-0.05, 0) is 82.1 Å². The van der Waals surface area contributed by atoms with Gasteiger partial charge in [0.25, 0.3) is 0 Å². The fraction of sp³-hybridized carbons (Fsp3) is 0.170. The maximum atomic E-state index is 2.65. The van der Waals surface area contributed by atoms with Crippen molar-refractivity contribution in [3.63, 3.8) is 0 Å². The van der Waals surface area contributed by atoms with Crippen LogP contribution < -0.4 is 4.57 Å². The van der Waals surface area contributed by atoms with E-state index in [0.29, 0.717) is 0 Å². The van der Waals surface area contributed by atoms with Crippen LogP contribution in [0.15, 0.2) is 152 Å².